The minimum Gasteiger partial charge on any atom is -0.497 e. The highest BCUT2D eigenvalue weighted by Crippen LogP contribution is 2.29. The fraction of sp³-hybridized carbons (Fsp3) is 0.385. The van der Waals surface area contributed by atoms with Crippen LogP contribution in [-0.2, 0) is 16.1 Å². The maximum absolute atomic E-state index is 13.0. The number of nitrogens with one attached hydrogen (secondary N) is 1. The van der Waals surface area contributed by atoms with Crippen molar-refractivity contribution in [2.24, 2.45) is 11.7 Å². The van der Waals surface area contributed by atoms with E-state index in [2.05, 4.69) is 10.3 Å². The number of benzene rings is 2. The molecule has 1 aliphatic carbocycles. The molecule has 3 aromatic rings. The predicted molar refractivity (Wildman–Crippen MR) is 134 cm³/mol. The molecule has 9 nitrogen and oxygen atoms in total. The number of carbonyl (C=O) groups is 3. The first kappa shape index (κ1) is 24.3. The van der Waals surface area contributed by atoms with Crippen molar-refractivity contribution in [3.05, 3.63) is 48.0 Å². The zero-order chi connectivity index (χ0) is 24.9. The molecule has 4 rings (SSSR count). The lowest BCUT2D eigenvalue weighted by Crippen LogP contribution is -2.33. The second kappa shape index (κ2) is 10.6. The van der Waals surface area contributed by atoms with Gasteiger partial charge in [-0.15, -0.1) is 0 Å². The van der Waals surface area contributed by atoms with Gasteiger partial charge in [0.25, 0.3) is 5.91 Å². The van der Waals surface area contributed by atoms with Crippen LogP contribution in [0, 0.1) is 5.92 Å². The smallest absolute Gasteiger partial charge is 0.257 e. The number of primary amides is 1. The van der Waals surface area contributed by atoms with E-state index in [1.54, 1.807) is 47.9 Å². The third-order valence-corrected chi connectivity index (χ3v) is 6.56. The fourth-order valence-electron chi connectivity index (χ4n) is 4.54. The van der Waals surface area contributed by atoms with Crippen molar-refractivity contribution in [1.82, 2.24) is 9.55 Å². The Bertz CT molecular complexity index is 1230. The summed E-state index contributed by atoms with van der Waals surface area (Å²) in [6.07, 6.45) is 5.31. The average molecular weight is 480 g/mol. The molecule has 2 aromatic carbocycles. The van der Waals surface area contributed by atoms with Crippen LogP contribution in [-0.4, -0.2) is 41.4 Å². The van der Waals surface area contributed by atoms with Gasteiger partial charge in [0.05, 0.1) is 18.1 Å². The molecule has 0 bridgehead atoms. The molecule has 0 unspecified atom stereocenters. The summed E-state index contributed by atoms with van der Waals surface area (Å²) in [4.78, 5) is 43.7. The number of ether oxygens (including phenoxy) is 1. The van der Waals surface area contributed by atoms with Crippen LogP contribution in [0.25, 0.3) is 11.0 Å². The molecule has 0 atom stereocenters. The van der Waals surface area contributed by atoms with Crippen LogP contribution in [0.4, 0.5) is 11.6 Å². The number of methoxy groups -OCH3 is 1. The summed E-state index contributed by atoms with van der Waals surface area (Å²) >= 11 is 0. The first-order chi connectivity index (χ1) is 16.9. The van der Waals surface area contributed by atoms with Gasteiger partial charge in [-0.05, 0) is 55.3 Å². The Kier molecular flexibility index (Phi) is 7.33. The van der Waals surface area contributed by atoms with Gasteiger partial charge in [-0.25, -0.2) is 4.98 Å². The van der Waals surface area contributed by atoms with Crippen LogP contribution in [0.3, 0.4) is 0 Å². The van der Waals surface area contributed by atoms with E-state index < -0.39 is 5.91 Å². The van der Waals surface area contributed by atoms with Crippen molar-refractivity contribution in [2.75, 3.05) is 24.4 Å². The number of amides is 3. The van der Waals surface area contributed by atoms with Crippen LogP contribution >= 0.6 is 0 Å². The van der Waals surface area contributed by atoms with Crippen molar-refractivity contribution >= 4 is 40.4 Å². The predicted octanol–water partition coefficient (Wildman–Crippen LogP) is 3.72. The molecular weight excluding hydrogens is 448 g/mol. The van der Waals surface area contributed by atoms with Gasteiger partial charge in [-0.2, -0.15) is 0 Å². The monoisotopic (exact) mass is 479 g/mol. The Balaban J connectivity index is 1.62. The fourth-order valence-corrected chi connectivity index (χ4v) is 4.54. The number of rotatable bonds is 8. The summed E-state index contributed by atoms with van der Waals surface area (Å²) in [5, 5.41) is 2.84. The SMILES string of the molecule is [13CH3]Oc1ccc(C(=O)Nc2nc3cc(N([13CH3])C(=O)C4CCCCC4)ccc3n2CCC(N)=O)cc1. The Morgan fingerprint density at radius 1 is 1.11 bits per heavy atom. The number of carbonyl (C=O) groups excluding carboxylic acids is 3. The van der Waals surface area contributed by atoms with Crippen molar-refractivity contribution in [2.45, 2.75) is 45.1 Å². The molecule has 9 heteroatoms. The second-order valence-corrected chi connectivity index (χ2v) is 8.89. The summed E-state index contributed by atoms with van der Waals surface area (Å²) in [7, 11) is 3.35. The number of nitrogens with zero attached hydrogens (tertiary/aromatic N) is 3. The van der Waals surface area contributed by atoms with E-state index in [0.29, 0.717) is 22.8 Å². The maximum Gasteiger partial charge on any atom is 0.257 e. The molecule has 3 N–H and O–H groups in total. The number of fused-ring (bicyclic) bond motifs is 1. The third-order valence-electron chi connectivity index (χ3n) is 6.56. The summed E-state index contributed by atoms with van der Waals surface area (Å²) in [6.45, 7) is 0.264. The van der Waals surface area contributed by atoms with Gasteiger partial charge in [0.2, 0.25) is 17.8 Å². The summed E-state index contributed by atoms with van der Waals surface area (Å²) in [5.41, 5.74) is 7.90. The van der Waals surface area contributed by atoms with E-state index >= 15 is 0 Å². The molecule has 1 saturated carbocycles. The zero-order valence-electron chi connectivity index (χ0n) is 20.1. The minimum atomic E-state index is -0.450. The standard InChI is InChI=1S/C26H31N5O4/c1-30(25(34)18-6-4-3-5-7-18)19-10-13-22-21(16-19)28-26(31(22)15-14-23(27)32)29-24(33)17-8-11-20(35-2)12-9-17/h8-13,16,18H,3-7,14-15H2,1-2H3,(H2,27,32)(H,28,29,33)/i1+1,2+1. The van der Waals surface area contributed by atoms with Crippen LogP contribution in [0.5, 0.6) is 5.75 Å². The van der Waals surface area contributed by atoms with E-state index in [1.165, 1.54) is 6.42 Å². The zero-order valence-corrected chi connectivity index (χ0v) is 20.1. The summed E-state index contributed by atoms with van der Waals surface area (Å²) in [5.74, 6) is 0.333. The minimum absolute atomic E-state index is 0.0527. The number of aryl methyl sites for hydroxylation is 1. The maximum atomic E-state index is 13.0. The van der Waals surface area contributed by atoms with Gasteiger partial charge < -0.3 is 19.9 Å². The highest BCUT2D eigenvalue weighted by Gasteiger charge is 2.25. The van der Waals surface area contributed by atoms with Crippen molar-refractivity contribution < 1.29 is 19.1 Å². The number of aromatic nitrogens is 2. The van der Waals surface area contributed by atoms with Gasteiger partial charge in [-0.3, -0.25) is 19.7 Å². The van der Waals surface area contributed by atoms with E-state index in [9.17, 15) is 14.4 Å². The molecule has 1 heterocycles. The van der Waals surface area contributed by atoms with Crippen molar-refractivity contribution in [1.29, 1.82) is 0 Å². The van der Waals surface area contributed by atoms with Crippen LogP contribution in [0.2, 0.25) is 0 Å². The largest absolute Gasteiger partial charge is 0.497 e. The first-order valence-electron chi connectivity index (χ1n) is 11.9. The average Bonchev–Trinajstić information content (AvgIpc) is 3.22. The van der Waals surface area contributed by atoms with Crippen molar-refractivity contribution in [3.8, 4) is 5.75 Å². The molecule has 184 valence electrons. The number of hydrogen-bond acceptors (Lipinski definition) is 5. The molecular formula is C26H31N5O4. The first-order valence-corrected chi connectivity index (χ1v) is 11.9. The molecule has 1 aliphatic rings. The van der Waals surface area contributed by atoms with Gasteiger partial charge >= 0.3 is 0 Å². The van der Waals surface area contributed by atoms with Gasteiger partial charge in [0.15, 0.2) is 0 Å². The number of anilines is 2. The van der Waals surface area contributed by atoms with Crippen LogP contribution < -0.4 is 20.7 Å². The lowest BCUT2D eigenvalue weighted by Gasteiger charge is -2.26. The topological polar surface area (TPSA) is 120 Å². The molecule has 1 aromatic heterocycles. The van der Waals surface area contributed by atoms with Gasteiger partial charge in [0, 0.05) is 37.2 Å². The molecule has 0 spiro atoms. The molecule has 0 aliphatic heterocycles. The van der Waals surface area contributed by atoms with Crippen LogP contribution in [0.15, 0.2) is 42.5 Å². The van der Waals surface area contributed by atoms with E-state index in [4.69, 9.17) is 10.5 Å². The number of hydrogen-bond donors (Lipinski definition) is 2. The molecule has 0 saturated heterocycles. The molecule has 35 heavy (non-hydrogen) atoms. The Hall–Kier alpha value is -3.88. The molecule has 3 amide bonds. The lowest BCUT2D eigenvalue weighted by atomic mass is 9.88. The Morgan fingerprint density at radius 2 is 1.83 bits per heavy atom. The van der Waals surface area contributed by atoms with Crippen LogP contribution in [0.1, 0.15) is 48.9 Å². The number of nitrogens with two attached hydrogens (primary N) is 1. The normalized spacial score (nSPS) is 14.0. The Labute approximate surface area is 204 Å². The molecule has 0 radical (unpaired) electrons. The van der Waals surface area contributed by atoms with Gasteiger partial charge in [-0.1, -0.05) is 19.3 Å². The Morgan fingerprint density at radius 3 is 2.49 bits per heavy atom. The summed E-state index contributed by atoms with van der Waals surface area (Å²) in [6, 6.07) is 12.3. The summed E-state index contributed by atoms with van der Waals surface area (Å²) < 4.78 is 6.90. The van der Waals surface area contributed by atoms with E-state index in [-0.39, 0.29) is 30.7 Å². The van der Waals surface area contributed by atoms with Crippen molar-refractivity contribution in [3.63, 3.8) is 0 Å². The highest BCUT2D eigenvalue weighted by atomic mass is 16.5. The van der Waals surface area contributed by atoms with E-state index in [1.807, 2.05) is 18.2 Å². The lowest BCUT2D eigenvalue weighted by molar-refractivity contribution is -0.123. The second-order valence-electron chi connectivity index (χ2n) is 8.89. The third kappa shape index (κ3) is 5.45. The highest BCUT2D eigenvalue weighted by molar-refractivity contribution is 6.04. The van der Waals surface area contributed by atoms with E-state index in [0.717, 1.165) is 36.9 Å². The quantitative estimate of drug-likeness (QED) is 0.477. The number of imidazole rings is 1. The molecule has 1 fully saturated rings. The van der Waals surface area contributed by atoms with Gasteiger partial charge in [0.1, 0.15) is 5.75 Å².